The number of halogens is 1. The zero-order valence-electron chi connectivity index (χ0n) is 19.0. The van der Waals surface area contributed by atoms with Crippen LogP contribution in [0, 0.1) is 0 Å². The lowest BCUT2D eigenvalue weighted by molar-refractivity contribution is -0.232. The number of ether oxygens (including phenoxy) is 3. The zero-order chi connectivity index (χ0) is 23.9. The van der Waals surface area contributed by atoms with Gasteiger partial charge in [-0.25, -0.2) is 0 Å². The molecular weight excluding hydrogens is 448 g/mol. The molecule has 0 aromatic heterocycles. The summed E-state index contributed by atoms with van der Waals surface area (Å²) in [6.45, 7) is 6.49. The van der Waals surface area contributed by atoms with Crippen molar-refractivity contribution in [3.63, 3.8) is 0 Å². The van der Waals surface area contributed by atoms with Crippen molar-refractivity contribution in [3.8, 4) is 11.5 Å². The Morgan fingerprint density at radius 3 is 2.42 bits per heavy atom. The fourth-order valence-corrected chi connectivity index (χ4v) is 5.06. The van der Waals surface area contributed by atoms with Gasteiger partial charge in [0, 0.05) is 16.5 Å². The summed E-state index contributed by atoms with van der Waals surface area (Å²) in [5, 5.41) is 41.5. The molecule has 2 aliphatic rings. The molecular formula is C25H31ClO7. The summed E-state index contributed by atoms with van der Waals surface area (Å²) >= 11 is 6.89. The summed E-state index contributed by atoms with van der Waals surface area (Å²) < 4.78 is 17.4. The average Bonchev–Trinajstić information content (AvgIpc) is 3.11. The Balaban J connectivity index is 1.77. The average molecular weight is 479 g/mol. The van der Waals surface area contributed by atoms with Gasteiger partial charge in [0.05, 0.1) is 24.8 Å². The van der Waals surface area contributed by atoms with Crippen LogP contribution in [0.2, 0.25) is 5.02 Å². The minimum atomic E-state index is -1.48. The van der Waals surface area contributed by atoms with Gasteiger partial charge in [0.1, 0.15) is 42.0 Å². The molecule has 1 fully saturated rings. The summed E-state index contributed by atoms with van der Waals surface area (Å²) in [4.78, 5) is 0. The lowest BCUT2D eigenvalue weighted by atomic mass is 9.82. The van der Waals surface area contributed by atoms with Crippen molar-refractivity contribution in [1.29, 1.82) is 0 Å². The highest BCUT2D eigenvalue weighted by Gasteiger charge is 2.47. The van der Waals surface area contributed by atoms with E-state index < -0.39 is 37.1 Å². The van der Waals surface area contributed by atoms with E-state index in [4.69, 9.17) is 25.8 Å². The lowest BCUT2D eigenvalue weighted by Crippen LogP contribution is -2.55. The first-order chi connectivity index (χ1) is 15.7. The SMILES string of the molecule is CCOc1ccc(Cc2cc([C@@H]3O[C@H](CO)[C@@H](O)[C@H](O)[C@H]3O)c3c(c2Cl)C(C)(C)CO3)cc1. The molecule has 0 radical (unpaired) electrons. The molecule has 1 saturated heterocycles. The first-order valence-corrected chi connectivity index (χ1v) is 11.6. The monoisotopic (exact) mass is 478 g/mol. The summed E-state index contributed by atoms with van der Waals surface area (Å²) in [6, 6.07) is 9.59. The molecule has 2 heterocycles. The van der Waals surface area contributed by atoms with Gasteiger partial charge in [-0.3, -0.25) is 0 Å². The van der Waals surface area contributed by atoms with Gasteiger partial charge in [-0.15, -0.1) is 0 Å². The largest absolute Gasteiger partial charge is 0.494 e. The van der Waals surface area contributed by atoms with Crippen LogP contribution in [0.5, 0.6) is 11.5 Å². The number of hydrogen-bond donors (Lipinski definition) is 4. The second-order valence-electron chi connectivity index (χ2n) is 9.32. The van der Waals surface area contributed by atoms with Gasteiger partial charge in [0.2, 0.25) is 0 Å². The number of benzene rings is 2. The summed E-state index contributed by atoms with van der Waals surface area (Å²) in [5.74, 6) is 1.31. The Labute approximate surface area is 198 Å². The molecule has 180 valence electrons. The first kappa shape index (κ1) is 24.3. The minimum absolute atomic E-state index is 0.371. The standard InChI is InChI=1S/C25H31ClO7/c1-4-31-15-7-5-13(6-8-15)9-14-10-16(23-18(19(14)26)25(2,3)12-32-23)24-22(30)21(29)20(28)17(11-27)33-24/h5-8,10,17,20-22,24,27-30H,4,9,11-12H2,1-3H3/t17-,20-,21+,22-,24+/m1/s1. The van der Waals surface area contributed by atoms with Crippen LogP contribution in [0.15, 0.2) is 30.3 Å². The predicted molar refractivity (Wildman–Crippen MR) is 123 cm³/mol. The molecule has 2 aliphatic heterocycles. The van der Waals surface area contributed by atoms with Crippen LogP contribution in [0.3, 0.4) is 0 Å². The maximum Gasteiger partial charge on any atom is 0.130 e. The number of aliphatic hydroxyl groups excluding tert-OH is 4. The fourth-order valence-electron chi connectivity index (χ4n) is 4.59. The van der Waals surface area contributed by atoms with E-state index in [0.29, 0.717) is 36.0 Å². The molecule has 0 aliphatic carbocycles. The minimum Gasteiger partial charge on any atom is -0.494 e. The highest BCUT2D eigenvalue weighted by atomic mass is 35.5. The first-order valence-electron chi connectivity index (χ1n) is 11.2. The third-order valence-corrected chi connectivity index (χ3v) is 6.83. The molecule has 7 nitrogen and oxygen atoms in total. The second kappa shape index (κ2) is 9.41. The fraction of sp³-hybridized carbons (Fsp3) is 0.520. The zero-order valence-corrected chi connectivity index (χ0v) is 19.7. The molecule has 8 heteroatoms. The van der Waals surface area contributed by atoms with E-state index in [1.54, 1.807) is 0 Å². The summed E-state index contributed by atoms with van der Waals surface area (Å²) in [7, 11) is 0. The highest BCUT2D eigenvalue weighted by Crippen LogP contribution is 2.50. The molecule has 0 amide bonds. The van der Waals surface area contributed by atoms with Gasteiger partial charge < -0.3 is 34.6 Å². The van der Waals surface area contributed by atoms with Gasteiger partial charge in [-0.05, 0) is 42.7 Å². The Morgan fingerprint density at radius 2 is 1.79 bits per heavy atom. The molecule has 5 atom stereocenters. The van der Waals surface area contributed by atoms with E-state index >= 15 is 0 Å². The van der Waals surface area contributed by atoms with Crippen LogP contribution in [0.4, 0.5) is 0 Å². The van der Waals surface area contributed by atoms with Crippen molar-refractivity contribution in [3.05, 3.63) is 57.6 Å². The van der Waals surface area contributed by atoms with Gasteiger partial charge in [0.25, 0.3) is 0 Å². The van der Waals surface area contributed by atoms with Gasteiger partial charge in [0.15, 0.2) is 0 Å². The van der Waals surface area contributed by atoms with Crippen LogP contribution in [-0.2, 0) is 16.6 Å². The molecule has 0 unspecified atom stereocenters. The van der Waals surface area contributed by atoms with Gasteiger partial charge in [-0.2, -0.15) is 0 Å². The number of hydrogen-bond acceptors (Lipinski definition) is 7. The van der Waals surface area contributed by atoms with Crippen LogP contribution < -0.4 is 9.47 Å². The van der Waals surface area contributed by atoms with E-state index in [1.807, 2.05) is 51.1 Å². The highest BCUT2D eigenvalue weighted by molar-refractivity contribution is 6.32. The summed E-state index contributed by atoms with van der Waals surface area (Å²) in [5.41, 5.74) is 2.84. The van der Waals surface area contributed by atoms with Crippen LogP contribution in [-0.4, -0.2) is 64.7 Å². The third kappa shape index (κ3) is 4.46. The molecule has 0 saturated carbocycles. The maximum atomic E-state index is 10.7. The molecule has 2 aromatic rings. The van der Waals surface area contributed by atoms with Crippen molar-refractivity contribution >= 4 is 11.6 Å². The van der Waals surface area contributed by atoms with E-state index in [9.17, 15) is 20.4 Å². The summed E-state index contributed by atoms with van der Waals surface area (Å²) in [6.07, 6.45) is -5.79. The topological polar surface area (TPSA) is 109 Å². The quantitative estimate of drug-likeness (QED) is 0.505. The van der Waals surface area contributed by atoms with Crippen molar-refractivity contribution < 1.29 is 34.6 Å². The van der Waals surface area contributed by atoms with Crippen molar-refractivity contribution in [1.82, 2.24) is 0 Å². The van der Waals surface area contributed by atoms with Crippen LogP contribution in [0.1, 0.15) is 49.1 Å². The Bertz CT molecular complexity index is 989. The van der Waals surface area contributed by atoms with E-state index in [0.717, 1.165) is 22.4 Å². The van der Waals surface area contributed by atoms with Crippen molar-refractivity contribution in [2.24, 2.45) is 0 Å². The normalized spacial score (nSPS) is 28.3. The third-order valence-electron chi connectivity index (χ3n) is 6.40. The van der Waals surface area contributed by atoms with E-state index in [-0.39, 0.29) is 5.41 Å². The maximum absolute atomic E-state index is 10.7. The molecule has 4 N–H and O–H groups in total. The van der Waals surface area contributed by atoms with Crippen molar-refractivity contribution in [2.45, 2.75) is 63.1 Å². The Morgan fingerprint density at radius 1 is 1.09 bits per heavy atom. The number of aliphatic hydroxyl groups is 4. The molecule has 4 rings (SSSR count). The Kier molecular flexibility index (Phi) is 6.92. The van der Waals surface area contributed by atoms with E-state index in [2.05, 4.69) is 0 Å². The molecule has 33 heavy (non-hydrogen) atoms. The van der Waals surface area contributed by atoms with Crippen molar-refractivity contribution in [2.75, 3.05) is 19.8 Å². The lowest BCUT2D eigenvalue weighted by Gasteiger charge is -2.40. The van der Waals surface area contributed by atoms with Gasteiger partial charge >= 0.3 is 0 Å². The molecule has 0 spiro atoms. The van der Waals surface area contributed by atoms with Crippen LogP contribution in [0.25, 0.3) is 0 Å². The Hall–Kier alpha value is -1.87. The van der Waals surface area contributed by atoms with Gasteiger partial charge in [-0.1, -0.05) is 37.6 Å². The molecule has 0 bridgehead atoms. The smallest absolute Gasteiger partial charge is 0.130 e. The predicted octanol–water partition coefficient (Wildman–Crippen LogP) is 2.51. The number of fused-ring (bicyclic) bond motifs is 1. The molecule has 2 aromatic carbocycles. The van der Waals surface area contributed by atoms with E-state index in [1.165, 1.54) is 0 Å². The van der Waals surface area contributed by atoms with Crippen LogP contribution >= 0.6 is 11.6 Å². The second-order valence-corrected chi connectivity index (χ2v) is 9.70. The number of rotatable bonds is 6.